The highest BCUT2D eigenvalue weighted by atomic mass is 79.9. The fourth-order valence-corrected chi connectivity index (χ4v) is 3.83. The summed E-state index contributed by atoms with van der Waals surface area (Å²) in [7, 11) is 1.55. The standard InChI is InChI=1S/C17H15BrN2O3S/c1-23-13-5-3-2-4-11(13)19-16(21)9-15-17(22)20-12-8-10(18)6-7-14(12)24-15/h2-8,15H,9H2,1H3,(H,19,21)(H,20,22). The lowest BCUT2D eigenvalue weighted by Gasteiger charge is -2.24. The minimum Gasteiger partial charge on any atom is -0.495 e. The van der Waals surface area contributed by atoms with Crippen molar-refractivity contribution in [3.63, 3.8) is 0 Å². The van der Waals surface area contributed by atoms with E-state index in [0.29, 0.717) is 11.4 Å². The van der Waals surface area contributed by atoms with Gasteiger partial charge in [0, 0.05) is 15.8 Å². The highest BCUT2D eigenvalue weighted by Crippen LogP contribution is 2.38. The van der Waals surface area contributed by atoms with Gasteiger partial charge in [0.15, 0.2) is 0 Å². The number of fused-ring (bicyclic) bond motifs is 1. The average molecular weight is 407 g/mol. The summed E-state index contributed by atoms with van der Waals surface area (Å²) in [6.07, 6.45) is 0.0874. The largest absolute Gasteiger partial charge is 0.495 e. The summed E-state index contributed by atoms with van der Waals surface area (Å²) in [4.78, 5) is 25.5. The zero-order valence-electron chi connectivity index (χ0n) is 12.8. The lowest BCUT2D eigenvalue weighted by Crippen LogP contribution is -2.32. The van der Waals surface area contributed by atoms with Crippen molar-refractivity contribution < 1.29 is 14.3 Å². The smallest absolute Gasteiger partial charge is 0.238 e. The number of hydrogen-bond acceptors (Lipinski definition) is 4. The van der Waals surface area contributed by atoms with Crippen molar-refractivity contribution in [2.75, 3.05) is 17.7 Å². The molecule has 0 saturated carbocycles. The van der Waals surface area contributed by atoms with E-state index in [2.05, 4.69) is 26.6 Å². The Morgan fingerprint density at radius 1 is 1.33 bits per heavy atom. The Morgan fingerprint density at radius 3 is 2.92 bits per heavy atom. The molecule has 2 aromatic carbocycles. The molecule has 1 atom stereocenters. The molecule has 1 unspecified atom stereocenters. The molecule has 1 aliphatic heterocycles. The fraction of sp³-hybridized carbons (Fsp3) is 0.176. The van der Waals surface area contributed by atoms with E-state index in [4.69, 9.17) is 4.74 Å². The molecule has 2 amide bonds. The van der Waals surface area contributed by atoms with Crippen LogP contribution in [0.1, 0.15) is 6.42 Å². The molecule has 0 aliphatic carbocycles. The lowest BCUT2D eigenvalue weighted by molar-refractivity contribution is -0.120. The highest BCUT2D eigenvalue weighted by Gasteiger charge is 2.29. The van der Waals surface area contributed by atoms with Crippen molar-refractivity contribution in [1.29, 1.82) is 0 Å². The Kier molecular flexibility index (Phi) is 5.11. The molecule has 5 nitrogen and oxygen atoms in total. The van der Waals surface area contributed by atoms with Crippen LogP contribution in [0.5, 0.6) is 5.75 Å². The molecule has 1 aliphatic rings. The SMILES string of the molecule is COc1ccccc1NC(=O)CC1Sc2ccc(Br)cc2NC1=O. The number of amides is 2. The molecule has 124 valence electrons. The van der Waals surface area contributed by atoms with E-state index < -0.39 is 5.25 Å². The van der Waals surface area contributed by atoms with Crippen molar-refractivity contribution in [1.82, 2.24) is 0 Å². The third-order valence-electron chi connectivity index (χ3n) is 3.51. The maximum Gasteiger partial charge on any atom is 0.238 e. The second-order valence-corrected chi connectivity index (χ2v) is 7.35. The second-order valence-electron chi connectivity index (χ2n) is 5.19. The first kappa shape index (κ1) is 16.9. The van der Waals surface area contributed by atoms with Crippen LogP contribution in [0.3, 0.4) is 0 Å². The average Bonchev–Trinajstić information content (AvgIpc) is 2.56. The van der Waals surface area contributed by atoms with E-state index >= 15 is 0 Å². The summed E-state index contributed by atoms with van der Waals surface area (Å²) in [6.45, 7) is 0. The molecule has 24 heavy (non-hydrogen) atoms. The minimum absolute atomic E-state index is 0.0874. The Balaban J connectivity index is 1.68. The van der Waals surface area contributed by atoms with Gasteiger partial charge in [-0.15, -0.1) is 11.8 Å². The third kappa shape index (κ3) is 3.73. The molecule has 0 spiro atoms. The molecule has 2 N–H and O–H groups in total. The number of halogens is 1. The highest BCUT2D eigenvalue weighted by molar-refractivity contribution is 9.10. The van der Waals surface area contributed by atoms with Gasteiger partial charge in [0.1, 0.15) is 5.75 Å². The number of methoxy groups -OCH3 is 1. The number of hydrogen-bond donors (Lipinski definition) is 2. The molecule has 0 saturated heterocycles. The van der Waals surface area contributed by atoms with Crippen LogP contribution < -0.4 is 15.4 Å². The normalized spacial score (nSPS) is 16.1. The number of para-hydroxylation sites is 2. The van der Waals surface area contributed by atoms with Crippen molar-refractivity contribution >= 4 is 50.9 Å². The van der Waals surface area contributed by atoms with Crippen molar-refractivity contribution in [3.8, 4) is 5.75 Å². The van der Waals surface area contributed by atoms with Crippen LogP contribution in [0.15, 0.2) is 51.8 Å². The summed E-state index contributed by atoms with van der Waals surface area (Å²) in [5.41, 5.74) is 1.36. The summed E-state index contributed by atoms with van der Waals surface area (Å²) in [5, 5.41) is 5.18. The van der Waals surface area contributed by atoms with Gasteiger partial charge in [0.2, 0.25) is 11.8 Å². The summed E-state index contributed by atoms with van der Waals surface area (Å²) >= 11 is 4.78. The predicted octanol–water partition coefficient (Wildman–Crippen LogP) is 3.90. The van der Waals surface area contributed by atoms with Gasteiger partial charge in [-0.25, -0.2) is 0 Å². The molecule has 0 bridgehead atoms. The first-order valence-electron chi connectivity index (χ1n) is 7.27. The fourth-order valence-electron chi connectivity index (χ4n) is 2.37. The molecule has 0 fully saturated rings. The maximum atomic E-state index is 12.3. The number of ether oxygens (including phenoxy) is 1. The topological polar surface area (TPSA) is 67.4 Å². The van der Waals surface area contributed by atoms with Gasteiger partial charge >= 0.3 is 0 Å². The molecular formula is C17H15BrN2O3S. The number of thioether (sulfide) groups is 1. The molecule has 2 aromatic rings. The van der Waals surface area contributed by atoms with Crippen molar-refractivity contribution in [2.24, 2.45) is 0 Å². The molecule has 7 heteroatoms. The van der Waals surface area contributed by atoms with Crippen LogP contribution in [0, 0.1) is 0 Å². The molecule has 3 rings (SSSR count). The van der Waals surface area contributed by atoms with Gasteiger partial charge in [-0.1, -0.05) is 28.1 Å². The number of carbonyl (C=O) groups excluding carboxylic acids is 2. The maximum absolute atomic E-state index is 12.3. The number of benzene rings is 2. The van der Waals surface area contributed by atoms with Gasteiger partial charge in [-0.05, 0) is 30.3 Å². The first-order valence-corrected chi connectivity index (χ1v) is 8.94. The Bertz CT molecular complexity index is 797. The Labute approximate surface area is 152 Å². The van der Waals surface area contributed by atoms with Gasteiger partial charge in [0.05, 0.1) is 23.7 Å². The molecule has 0 radical (unpaired) electrons. The zero-order valence-corrected chi connectivity index (χ0v) is 15.2. The Hall–Kier alpha value is -1.99. The molecular weight excluding hydrogens is 392 g/mol. The van der Waals surface area contributed by atoms with Gasteiger partial charge in [-0.3, -0.25) is 9.59 Å². The first-order chi connectivity index (χ1) is 11.6. The number of rotatable bonds is 4. The number of anilines is 2. The van der Waals surface area contributed by atoms with E-state index in [0.717, 1.165) is 15.1 Å². The zero-order chi connectivity index (χ0) is 17.1. The quantitative estimate of drug-likeness (QED) is 0.807. The summed E-state index contributed by atoms with van der Waals surface area (Å²) in [5.74, 6) is 0.190. The van der Waals surface area contributed by atoms with Crippen LogP contribution >= 0.6 is 27.7 Å². The van der Waals surface area contributed by atoms with Crippen LogP contribution in [-0.2, 0) is 9.59 Å². The summed E-state index contributed by atoms with van der Waals surface area (Å²) < 4.78 is 6.11. The van der Waals surface area contributed by atoms with E-state index in [-0.39, 0.29) is 18.2 Å². The third-order valence-corrected chi connectivity index (χ3v) is 5.28. The number of nitrogens with one attached hydrogen (secondary N) is 2. The van der Waals surface area contributed by atoms with Gasteiger partial charge in [0.25, 0.3) is 0 Å². The lowest BCUT2D eigenvalue weighted by atomic mass is 10.2. The van der Waals surface area contributed by atoms with E-state index in [1.165, 1.54) is 11.8 Å². The van der Waals surface area contributed by atoms with Crippen LogP contribution in [0.25, 0.3) is 0 Å². The molecule has 1 heterocycles. The van der Waals surface area contributed by atoms with E-state index in [1.807, 2.05) is 30.3 Å². The van der Waals surface area contributed by atoms with Crippen molar-refractivity contribution in [3.05, 3.63) is 46.9 Å². The molecule has 0 aromatic heterocycles. The van der Waals surface area contributed by atoms with Crippen molar-refractivity contribution in [2.45, 2.75) is 16.6 Å². The Morgan fingerprint density at radius 2 is 2.12 bits per heavy atom. The van der Waals surface area contributed by atoms with Gasteiger partial charge in [-0.2, -0.15) is 0 Å². The van der Waals surface area contributed by atoms with E-state index in [1.54, 1.807) is 19.2 Å². The summed E-state index contributed by atoms with van der Waals surface area (Å²) in [6, 6.07) is 12.9. The van der Waals surface area contributed by atoms with Crippen LogP contribution in [0.4, 0.5) is 11.4 Å². The predicted molar refractivity (Wildman–Crippen MR) is 98.7 cm³/mol. The number of carbonyl (C=O) groups is 2. The van der Waals surface area contributed by atoms with Crippen LogP contribution in [-0.4, -0.2) is 24.2 Å². The van der Waals surface area contributed by atoms with Crippen LogP contribution in [0.2, 0.25) is 0 Å². The minimum atomic E-state index is -0.464. The van der Waals surface area contributed by atoms with E-state index in [9.17, 15) is 9.59 Å². The second kappa shape index (κ2) is 7.27. The van der Waals surface area contributed by atoms with Gasteiger partial charge < -0.3 is 15.4 Å². The monoisotopic (exact) mass is 406 g/mol.